The van der Waals surface area contributed by atoms with Crippen LogP contribution in [0.2, 0.25) is 0 Å². The first-order valence-electron chi connectivity index (χ1n) is 2.54. The highest BCUT2D eigenvalue weighted by atomic mass is 35.5. The summed E-state index contributed by atoms with van der Waals surface area (Å²) >= 11 is 8.41. The molecule has 0 N–H and O–H groups in total. The van der Waals surface area contributed by atoms with Crippen LogP contribution in [0, 0.1) is 11.5 Å². The number of aliphatic imine (C=N–C) groups is 1. The minimum Gasteiger partial charge on any atom is -0.170 e. The monoisotopic (exact) mass is 194 g/mol. The van der Waals surface area contributed by atoms with Gasteiger partial charge in [0.25, 0.3) is 0 Å². The van der Waals surface area contributed by atoms with Crippen LogP contribution in [0.5, 0.6) is 0 Å². The molecule has 56 valence electrons. The maximum atomic E-state index is 8.17. The predicted molar refractivity (Wildman–Crippen MR) is 49.7 cm³/mol. The highest BCUT2D eigenvalue weighted by Gasteiger charge is 1.95. The number of hydrogen-bond donors (Lipinski definition) is 0. The average Bonchev–Trinajstić information content (AvgIpc) is 1.98. The van der Waals surface area contributed by atoms with E-state index in [4.69, 9.17) is 16.9 Å². The number of halogens is 1. The molecule has 2 nitrogen and oxygen atoms in total. The van der Waals surface area contributed by atoms with Crippen LogP contribution in [-0.2, 0) is 0 Å². The normalized spacial score (nSPS) is 11.1. The van der Waals surface area contributed by atoms with E-state index in [9.17, 15) is 0 Å². The van der Waals surface area contributed by atoms with Crippen LogP contribution < -0.4 is 0 Å². The molecule has 0 atom stereocenters. The predicted octanol–water partition coefficient (Wildman–Crippen LogP) is 2.16. The largest absolute Gasteiger partial charge is 0.207 e. The van der Waals surface area contributed by atoms with Gasteiger partial charge in [0.15, 0.2) is 0 Å². The van der Waals surface area contributed by atoms with Crippen molar-refractivity contribution in [2.45, 2.75) is 0 Å². The Bertz CT molecular complexity index is 152. The lowest BCUT2D eigenvalue weighted by molar-refractivity contribution is 1.45. The van der Waals surface area contributed by atoms with Crippen LogP contribution in [0.1, 0.15) is 0 Å². The van der Waals surface area contributed by atoms with E-state index in [-0.39, 0.29) is 0 Å². The summed E-state index contributed by atoms with van der Waals surface area (Å²) in [6, 6.07) is 0. The molecule has 0 heterocycles. The summed E-state index contributed by atoms with van der Waals surface area (Å²) in [5, 5.41) is 8.17. The molecule has 0 unspecified atom stereocenters. The highest BCUT2D eigenvalue weighted by Crippen LogP contribution is 2.13. The summed E-state index contributed by atoms with van der Waals surface area (Å²) in [6.45, 7) is 0. The molecule has 0 aliphatic carbocycles. The number of nitrogens with zero attached hydrogens (tertiary/aromatic N) is 2. The maximum Gasteiger partial charge on any atom is 0.207 e. The topological polar surface area (TPSA) is 36.1 Å². The molecule has 0 aromatic heterocycles. The van der Waals surface area contributed by atoms with E-state index in [0.717, 1.165) is 10.1 Å². The molecule has 0 amide bonds. The molecule has 0 saturated carbocycles. The minimum absolute atomic E-state index is 0.593. The standard InChI is InChI=1S/C5H7ClN2S2/c1-9-5(8-4-7)10-3-2-6/h2-3H2,1H3. The van der Waals surface area contributed by atoms with E-state index in [1.165, 1.54) is 23.5 Å². The zero-order valence-electron chi connectivity index (χ0n) is 5.50. The van der Waals surface area contributed by atoms with Gasteiger partial charge in [-0.2, -0.15) is 10.3 Å². The van der Waals surface area contributed by atoms with E-state index in [2.05, 4.69) is 4.99 Å². The van der Waals surface area contributed by atoms with Gasteiger partial charge in [-0.05, 0) is 6.26 Å². The summed E-state index contributed by atoms with van der Waals surface area (Å²) in [5.41, 5.74) is 0. The quantitative estimate of drug-likeness (QED) is 0.293. The SMILES string of the molecule is CSC(=NC#N)SCCCl. The highest BCUT2D eigenvalue weighted by molar-refractivity contribution is 8.38. The van der Waals surface area contributed by atoms with Gasteiger partial charge in [-0.15, -0.1) is 23.4 Å². The van der Waals surface area contributed by atoms with E-state index in [1.54, 1.807) is 6.19 Å². The van der Waals surface area contributed by atoms with Crippen LogP contribution in [0.3, 0.4) is 0 Å². The molecule has 0 rings (SSSR count). The van der Waals surface area contributed by atoms with E-state index < -0.39 is 0 Å². The van der Waals surface area contributed by atoms with Crippen molar-refractivity contribution in [3.8, 4) is 6.19 Å². The lowest BCUT2D eigenvalue weighted by Gasteiger charge is -1.95. The molecule has 0 aliphatic heterocycles. The third-order valence-electron chi connectivity index (χ3n) is 0.619. The fourth-order valence-corrected chi connectivity index (χ4v) is 1.75. The van der Waals surface area contributed by atoms with Gasteiger partial charge < -0.3 is 0 Å². The Labute approximate surface area is 74.0 Å². The molecule has 10 heavy (non-hydrogen) atoms. The Morgan fingerprint density at radius 2 is 2.50 bits per heavy atom. The van der Waals surface area contributed by atoms with Crippen LogP contribution >= 0.6 is 35.1 Å². The number of nitriles is 1. The third kappa shape index (κ3) is 4.98. The van der Waals surface area contributed by atoms with Crippen molar-refractivity contribution in [3.05, 3.63) is 0 Å². The fourth-order valence-electron chi connectivity index (χ4n) is 0.304. The lowest BCUT2D eigenvalue weighted by Crippen LogP contribution is -1.87. The molecule has 5 heteroatoms. The van der Waals surface area contributed by atoms with Crippen molar-refractivity contribution in [2.75, 3.05) is 17.9 Å². The first-order chi connectivity index (χ1) is 4.85. The Morgan fingerprint density at radius 1 is 1.80 bits per heavy atom. The molecule has 0 saturated heterocycles. The summed E-state index contributed by atoms with van der Waals surface area (Å²) in [7, 11) is 0. The molecule has 0 aromatic carbocycles. The Hall–Kier alpha value is 0.150. The van der Waals surface area contributed by atoms with Gasteiger partial charge in [0, 0.05) is 11.6 Å². The van der Waals surface area contributed by atoms with Crippen LogP contribution in [-0.4, -0.2) is 22.3 Å². The van der Waals surface area contributed by atoms with Crippen molar-refractivity contribution in [3.63, 3.8) is 0 Å². The minimum atomic E-state index is 0.593. The van der Waals surface area contributed by atoms with E-state index >= 15 is 0 Å². The summed E-state index contributed by atoms with van der Waals surface area (Å²) in [5.74, 6) is 1.40. The van der Waals surface area contributed by atoms with Gasteiger partial charge in [0.2, 0.25) is 6.19 Å². The summed E-state index contributed by atoms with van der Waals surface area (Å²) in [4.78, 5) is 3.57. The van der Waals surface area contributed by atoms with E-state index in [1.807, 2.05) is 6.26 Å². The molecular formula is C5H7ClN2S2. The first kappa shape index (κ1) is 10.2. The van der Waals surface area contributed by atoms with Gasteiger partial charge >= 0.3 is 0 Å². The van der Waals surface area contributed by atoms with Crippen molar-refractivity contribution in [1.82, 2.24) is 0 Å². The second-order valence-corrected chi connectivity index (χ2v) is 3.73. The number of rotatable bonds is 2. The van der Waals surface area contributed by atoms with Gasteiger partial charge in [0.1, 0.15) is 4.38 Å². The summed E-state index contributed by atoms with van der Waals surface area (Å²) in [6.07, 6.45) is 3.62. The van der Waals surface area contributed by atoms with Crippen molar-refractivity contribution in [1.29, 1.82) is 5.26 Å². The maximum absolute atomic E-state index is 8.17. The zero-order valence-corrected chi connectivity index (χ0v) is 7.89. The fraction of sp³-hybridized carbons (Fsp3) is 0.600. The van der Waals surface area contributed by atoms with Crippen LogP contribution in [0.4, 0.5) is 0 Å². The molecule has 0 spiro atoms. The second kappa shape index (κ2) is 7.26. The van der Waals surface area contributed by atoms with Gasteiger partial charge in [-0.3, -0.25) is 0 Å². The van der Waals surface area contributed by atoms with Gasteiger partial charge in [-0.25, -0.2) is 0 Å². The number of alkyl halides is 1. The van der Waals surface area contributed by atoms with Gasteiger partial charge in [0.05, 0.1) is 0 Å². The Balaban J connectivity index is 3.63. The first-order valence-corrected chi connectivity index (χ1v) is 5.29. The number of thioether (sulfide) groups is 2. The van der Waals surface area contributed by atoms with Crippen molar-refractivity contribution >= 4 is 39.5 Å². The van der Waals surface area contributed by atoms with Crippen molar-refractivity contribution in [2.24, 2.45) is 4.99 Å². The lowest BCUT2D eigenvalue weighted by atomic mass is 11.0. The second-order valence-electron chi connectivity index (χ2n) is 1.22. The smallest absolute Gasteiger partial charge is 0.170 e. The Kier molecular flexibility index (Phi) is 7.37. The van der Waals surface area contributed by atoms with Gasteiger partial charge in [-0.1, -0.05) is 11.8 Å². The molecule has 0 fully saturated rings. The average molecular weight is 195 g/mol. The van der Waals surface area contributed by atoms with Crippen molar-refractivity contribution < 1.29 is 0 Å². The molecule has 0 aliphatic rings. The third-order valence-corrected chi connectivity index (χ3v) is 3.07. The molecular weight excluding hydrogens is 188 g/mol. The zero-order chi connectivity index (χ0) is 7.82. The summed E-state index contributed by atoms with van der Waals surface area (Å²) < 4.78 is 0.781. The van der Waals surface area contributed by atoms with E-state index in [0.29, 0.717) is 5.88 Å². The molecule has 0 aromatic rings. The number of hydrogen-bond acceptors (Lipinski definition) is 4. The van der Waals surface area contributed by atoms with Crippen LogP contribution in [0.25, 0.3) is 0 Å². The van der Waals surface area contributed by atoms with Crippen LogP contribution in [0.15, 0.2) is 4.99 Å². The molecule has 0 radical (unpaired) electrons. The molecule has 0 bridgehead atoms. The Morgan fingerprint density at radius 3 is 2.90 bits per heavy atom.